The van der Waals surface area contributed by atoms with E-state index in [9.17, 15) is 14.9 Å². The zero-order valence-corrected chi connectivity index (χ0v) is 12.6. The topological polar surface area (TPSA) is 91.0 Å². The van der Waals surface area contributed by atoms with E-state index in [0.29, 0.717) is 5.75 Å². The molecular weight excluding hydrogens is 312 g/mol. The van der Waals surface area contributed by atoms with E-state index in [2.05, 4.69) is 4.99 Å². The third kappa shape index (κ3) is 3.00. The Bertz CT molecular complexity index is 869. The molecule has 0 aromatic heterocycles. The van der Waals surface area contributed by atoms with Crippen LogP contribution in [0.25, 0.3) is 6.08 Å². The van der Waals surface area contributed by atoms with Crippen molar-refractivity contribution in [1.29, 1.82) is 0 Å². The molecule has 0 spiro atoms. The van der Waals surface area contributed by atoms with E-state index in [1.54, 1.807) is 43.5 Å². The second-order valence-electron chi connectivity index (χ2n) is 4.88. The Labute approximate surface area is 137 Å². The van der Waals surface area contributed by atoms with E-state index in [4.69, 9.17) is 9.47 Å². The van der Waals surface area contributed by atoms with Gasteiger partial charge in [0, 0.05) is 6.07 Å². The number of rotatable bonds is 4. The summed E-state index contributed by atoms with van der Waals surface area (Å²) in [6.45, 7) is 0. The molecule has 0 amide bonds. The Morgan fingerprint density at radius 2 is 1.88 bits per heavy atom. The van der Waals surface area contributed by atoms with Gasteiger partial charge in [-0.1, -0.05) is 24.3 Å². The van der Waals surface area contributed by atoms with E-state index in [-0.39, 0.29) is 22.8 Å². The van der Waals surface area contributed by atoms with Crippen LogP contribution in [0.3, 0.4) is 0 Å². The highest BCUT2D eigenvalue weighted by Gasteiger charge is 2.28. The first-order valence-electron chi connectivity index (χ1n) is 6.99. The standard InChI is InChI=1S/C17H12N2O5/c1-23-12-8-6-11(7-9-12)10-14-17(20)24-16(18-14)13-4-2-3-5-15(13)19(21)22/h2-10H,1H3/b14-10-. The van der Waals surface area contributed by atoms with Crippen molar-refractivity contribution in [2.45, 2.75) is 0 Å². The Morgan fingerprint density at radius 1 is 1.17 bits per heavy atom. The highest BCUT2D eigenvalue weighted by molar-refractivity contribution is 6.14. The molecule has 0 saturated heterocycles. The number of cyclic esters (lactones) is 1. The number of carbonyl (C=O) groups excluding carboxylic acids is 1. The van der Waals surface area contributed by atoms with Crippen molar-refractivity contribution >= 4 is 23.6 Å². The predicted molar refractivity (Wildman–Crippen MR) is 86.7 cm³/mol. The van der Waals surface area contributed by atoms with Gasteiger partial charge in [0.15, 0.2) is 5.70 Å². The van der Waals surface area contributed by atoms with Crippen molar-refractivity contribution in [3.05, 3.63) is 75.5 Å². The maximum absolute atomic E-state index is 12.0. The van der Waals surface area contributed by atoms with Crippen LogP contribution in [0.15, 0.2) is 59.2 Å². The second-order valence-corrected chi connectivity index (χ2v) is 4.88. The van der Waals surface area contributed by atoms with Crippen molar-refractivity contribution in [2.75, 3.05) is 7.11 Å². The quantitative estimate of drug-likeness (QED) is 0.373. The Morgan fingerprint density at radius 3 is 2.54 bits per heavy atom. The van der Waals surface area contributed by atoms with E-state index in [1.807, 2.05) is 0 Å². The van der Waals surface area contributed by atoms with Gasteiger partial charge in [-0.25, -0.2) is 9.79 Å². The molecule has 120 valence electrons. The molecule has 0 N–H and O–H groups in total. The fraction of sp³-hybridized carbons (Fsp3) is 0.0588. The van der Waals surface area contributed by atoms with Gasteiger partial charge in [0.2, 0.25) is 5.90 Å². The summed E-state index contributed by atoms with van der Waals surface area (Å²) in [5, 5.41) is 11.1. The number of hydrogen-bond acceptors (Lipinski definition) is 6. The molecule has 1 heterocycles. The van der Waals surface area contributed by atoms with Gasteiger partial charge in [-0.15, -0.1) is 0 Å². The second kappa shape index (κ2) is 6.33. The lowest BCUT2D eigenvalue weighted by Gasteiger charge is -2.00. The summed E-state index contributed by atoms with van der Waals surface area (Å²) in [6.07, 6.45) is 1.55. The van der Waals surface area contributed by atoms with Gasteiger partial charge in [-0.2, -0.15) is 0 Å². The number of hydrogen-bond donors (Lipinski definition) is 0. The lowest BCUT2D eigenvalue weighted by Crippen LogP contribution is -2.07. The number of esters is 1. The smallest absolute Gasteiger partial charge is 0.363 e. The number of methoxy groups -OCH3 is 1. The first kappa shape index (κ1) is 15.4. The molecule has 2 aromatic rings. The van der Waals surface area contributed by atoms with Crippen molar-refractivity contribution in [1.82, 2.24) is 0 Å². The van der Waals surface area contributed by atoms with Crippen LogP contribution in [0, 0.1) is 10.1 Å². The van der Waals surface area contributed by atoms with Gasteiger partial charge in [0.25, 0.3) is 5.69 Å². The van der Waals surface area contributed by atoms with E-state index in [0.717, 1.165) is 5.56 Å². The number of nitrogens with zero attached hydrogens (tertiary/aromatic N) is 2. The van der Waals surface area contributed by atoms with Crippen molar-refractivity contribution in [3.8, 4) is 5.75 Å². The molecule has 2 aromatic carbocycles. The van der Waals surface area contributed by atoms with Gasteiger partial charge in [-0.3, -0.25) is 10.1 Å². The monoisotopic (exact) mass is 324 g/mol. The van der Waals surface area contributed by atoms with E-state index >= 15 is 0 Å². The van der Waals surface area contributed by atoms with Gasteiger partial charge in [-0.05, 0) is 29.8 Å². The molecule has 7 nitrogen and oxygen atoms in total. The lowest BCUT2D eigenvalue weighted by atomic mass is 10.2. The van der Waals surface area contributed by atoms with Crippen LogP contribution >= 0.6 is 0 Å². The average Bonchev–Trinajstić information content (AvgIpc) is 2.96. The number of ether oxygens (including phenoxy) is 2. The van der Waals surface area contributed by atoms with Crippen LogP contribution in [-0.2, 0) is 9.53 Å². The van der Waals surface area contributed by atoms with Crippen molar-refractivity contribution in [3.63, 3.8) is 0 Å². The molecule has 0 atom stereocenters. The average molecular weight is 324 g/mol. The van der Waals surface area contributed by atoms with Crippen LogP contribution in [0.4, 0.5) is 5.69 Å². The highest BCUT2D eigenvalue weighted by Crippen LogP contribution is 2.25. The molecule has 24 heavy (non-hydrogen) atoms. The van der Waals surface area contributed by atoms with E-state index in [1.165, 1.54) is 18.2 Å². The largest absolute Gasteiger partial charge is 0.497 e. The third-order valence-corrected chi connectivity index (χ3v) is 3.37. The normalized spacial score (nSPS) is 15.1. The van der Waals surface area contributed by atoms with Crippen LogP contribution in [0.5, 0.6) is 5.75 Å². The van der Waals surface area contributed by atoms with Crippen LogP contribution in [-0.4, -0.2) is 23.9 Å². The maximum Gasteiger partial charge on any atom is 0.363 e. The van der Waals surface area contributed by atoms with Gasteiger partial charge >= 0.3 is 5.97 Å². The minimum Gasteiger partial charge on any atom is -0.497 e. The predicted octanol–water partition coefficient (Wildman–Crippen LogP) is 2.95. The fourth-order valence-corrected chi connectivity index (χ4v) is 2.20. The van der Waals surface area contributed by atoms with Gasteiger partial charge in [0.05, 0.1) is 12.0 Å². The van der Waals surface area contributed by atoms with E-state index < -0.39 is 10.9 Å². The van der Waals surface area contributed by atoms with Gasteiger partial charge < -0.3 is 9.47 Å². The first-order chi connectivity index (χ1) is 11.6. The Hall–Kier alpha value is -3.48. The highest BCUT2D eigenvalue weighted by atomic mass is 16.6. The van der Waals surface area contributed by atoms with Crippen molar-refractivity contribution < 1.29 is 19.2 Å². The Balaban J connectivity index is 1.96. The molecule has 0 fully saturated rings. The molecule has 3 rings (SSSR count). The summed E-state index contributed by atoms with van der Waals surface area (Å²) in [7, 11) is 1.56. The van der Waals surface area contributed by atoms with Crippen LogP contribution < -0.4 is 4.74 Å². The Kier molecular flexibility index (Phi) is 4.07. The molecule has 0 bridgehead atoms. The number of benzene rings is 2. The summed E-state index contributed by atoms with van der Waals surface area (Å²) in [6, 6.07) is 13.0. The molecule has 1 aliphatic rings. The van der Waals surface area contributed by atoms with Crippen LogP contribution in [0.2, 0.25) is 0 Å². The minimum absolute atomic E-state index is 0.0768. The third-order valence-electron chi connectivity index (χ3n) is 3.37. The maximum atomic E-state index is 12.0. The summed E-state index contributed by atoms with van der Waals surface area (Å²) in [5.41, 5.74) is 0.798. The number of carbonyl (C=O) groups is 1. The molecule has 0 radical (unpaired) electrons. The summed E-state index contributed by atoms with van der Waals surface area (Å²) in [5.74, 6) is -0.0405. The van der Waals surface area contributed by atoms with Crippen molar-refractivity contribution in [2.24, 2.45) is 4.99 Å². The van der Waals surface area contributed by atoms with Gasteiger partial charge in [0.1, 0.15) is 11.3 Å². The minimum atomic E-state index is -0.654. The number of para-hydroxylation sites is 1. The lowest BCUT2D eigenvalue weighted by molar-refractivity contribution is -0.385. The summed E-state index contributed by atoms with van der Waals surface area (Å²) < 4.78 is 10.1. The zero-order valence-electron chi connectivity index (χ0n) is 12.6. The SMILES string of the molecule is COc1ccc(/C=C2\N=C(c3ccccc3[N+](=O)[O-])OC2=O)cc1. The molecule has 1 aliphatic heterocycles. The zero-order chi connectivity index (χ0) is 17.1. The first-order valence-corrected chi connectivity index (χ1v) is 6.99. The molecular formula is C17H12N2O5. The molecule has 0 aliphatic carbocycles. The fourth-order valence-electron chi connectivity index (χ4n) is 2.20. The number of nitro groups is 1. The molecule has 7 heteroatoms. The molecule has 0 saturated carbocycles. The number of aliphatic imine (C=N–C) groups is 1. The molecule has 0 unspecified atom stereocenters. The number of nitro benzene ring substituents is 1. The summed E-state index contributed by atoms with van der Waals surface area (Å²) >= 11 is 0. The summed E-state index contributed by atoms with van der Waals surface area (Å²) in [4.78, 5) is 26.6. The van der Waals surface area contributed by atoms with Crippen LogP contribution in [0.1, 0.15) is 11.1 Å².